The lowest BCUT2D eigenvalue weighted by atomic mass is 10.1. The van der Waals surface area contributed by atoms with E-state index in [0.29, 0.717) is 0 Å². The smallest absolute Gasteiger partial charge is 0.119 e. The van der Waals surface area contributed by atoms with Gasteiger partial charge in [-0.15, -0.1) is 11.8 Å². The van der Waals surface area contributed by atoms with E-state index in [1.807, 2.05) is 36.9 Å². The SMILES string of the molecule is C=C/C(=C\C=C/C)CN1CCSc2ccc(OC)cc2C1. The predicted octanol–water partition coefficient (Wildman–Crippen LogP) is 4.29. The third-order valence-corrected chi connectivity index (χ3v) is 4.59. The summed E-state index contributed by atoms with van der Waals surface area (Å²) < 4.78 is 5.35. The summed E-state index contributed by atoms with van der Waals surface area (Å²) in [6, 6.07) is 6.37. The van der Waals surface area contributed by atoms with E-state index in [4.69, 9.17) is 4.74 Å². The Morgan fingerprint density at radius 3 is 3.05 bits per heavy atom. The summed E-state index contributed by atoms with van der Waals surface area (Å²) in [6.45, 7) is 8.93. The number of allylic oxidation sites excluding steroid dienone is 3. The molecule has 1 aliphatic rings. The van der Waals surface area contributed by atoms with Gasteiger partial charge in [-0.1, -0.05) is 30.9 Å². The third-order valence-electron chi connectivity index (χ3n) is 3.50. The first-order valence-corrected chi connectivity index (χ1v) is 8.21. The summed E-state index contributed by atoms with van der Waals surface area (Å²) in [4.78, 5) is 3.84. The van der Waals surface area contributed by atoms with Gasteiger partial charge in [0.2, 0.25) is 0 Å². The lowest BCUT2D eigenvalue weighted by molar-refractivity contribution is 0.308. The normalized spacial score (nSPS) is 16.6. The van der Waals surface area contributed by atoms with Gasteiger partial charge in [0.15, 0.2) is 0 Å². The molecular formula is C18H23NOS. The molecule has 2 rings (SSSR count). The fourth-order valence-corrected chi connectivity index (χ4v) is 3.39. The maximum atomic E-state index is 5.35. The van der Waals surface area contributed by atoms with Gasteiger partial charge in [-0.2, -0.15) is 0 Å². The maximum Gasteiger partial charge on any atom is 0.119 e. The van der Waals surface area contributed by atoms with Crippen molar-refractivity contribution in [2.24, 2.45) is 0 Å². The highest BCUT2D eigenvalue weighted by Gasteiger charge is 2.15. The standard InChI is InChI=1S/C18H23NOS/c1-4-6-7-15(5-2)13-19-10-11-21-18-9-8-17(20-3)12-16(18)14-19/h4-9,12H,2,10-11,13-14H2,1,3H3/b6-4-,15-7+. The molecule has 0 saturated heterocycles. The van der Waals surface area contributed by atoms with Gasteiger partial charge in [-0.3, -0.25) is 4.90 Å². The van der Waals surface area contributed by atoms with E-state index in [-0.39, 0.29) is 0 Å². The number of rotatable bonds is 5. The van der Waals surface area contributed by atoms with Crippen LogP contribution in [-0.2, 0) is 6.54 Å². The highest BCUT2D eigenvalue weighted by Crippen LogP contribution is 2.30. The number of ether oxygens (including phenoxy) is 1. The molecule has 1 aromatic carbocycles. The van der Waals surface area contributed by atoms with Crippen LogP contribution < -0.4 is 4.74 Å². The van der Waals surface area contributed by atoms with Crippen molar-refractivity contribution in [1.29, 1.82) is 0 Å². The zero-order valence-electron chi connectivity index (χ0n) is 12.8. The van der Waals surface area contributed by atoms with Gasteiger partial charge in [0.05, 0.1) is 7.11 Å². The summed E-state index contributed by atoms with van der Waals surface area (Å²) in [5.41, 5.74) is 2.61. The van der Waals surface area contributed by atoms with Crippen molar-refractivity contribution in [3.8, 4) is 5.75 Å². The van der Waals surface area contributed by atoms with Gasteiger partial charge in [-0.05, 0) is 36.3 Å². The Morgan fingerprint density at radius 2 is 2.33 bits per heavy atom. The van der Waals surface area contributed by atoms with Gasteiger partial charge >= 0.3 is 0 Å². The summed E-state index contributed by atoms with van der Waals surface area (Å²) in [5.74, 6) is 2.05. The summed E-state index contributed by atoms with van der Waals surface area (Å²) in [7, 11) is 1.72. The molecule has 0 spiro atoms. The van der Waals surface area contributed by atoms with E-state index in [1.165, 1.54) is 16.0 Å². The largest absolute Gasteiger partial charge is 0.497 e. The van der Waals surface area contributed by atoms with Crippen LogP contribution in [-0.4, -0.2) is 30.9 Å². The Kier molecular flexibility index (Phi) is 6.15. The first kappa shape index (κ1) is 15.9. The van der Waals surface area contributed by atoms with E-state index >= 15 is 0 Å². The quantitative estimate of drug-likeness (QED) is 0.753. The van der Waals surface area contributed by atoms with Gasteiger partial charge in [0.1, 0.15) is 5.75 Å². The van der Waals surface area contributed by atoms with Crippen LogP contribution in [0.4, 0.5) is 0 Å². The molecule has 0 unspecified atom stereocenters. The van der Waals surface area contributed by atoms with E-state index < -0.39 is 0 Å². The van der Waals surface area contributed by atoms with Crippen LogP contribution in [0, 0.1) is 0 Å². The molecule has 0 N–H and O–H groups in total. The number of thioether (sulfide) groups is 1. The average Bonchev–Trinajstić information content (AvgIpc) is 2.72. The molecule has 1 aromatic rings. The topological polar surface area (TPSA) is 12.5 Å². The second-order valence-electron chi connectivity index (χ2n) is 5.00. The molecule has 0 radical (unpaired) electrons. The van der Waals surface area contributed by atoms with Crippen LogP contribution in [0.2, 0.25) is 0 Å². The summed E-state index contributed by atoms with van der Waals surface area (Å²) in [6.07, 6.45) is 8.20. The molecule has 0 amide bonds. The Balaban J connectivity index is 2.14. The number of hydrogen-bond acceptors (Lipinski definition) is 3. The molecule has 0 atom stereocenters. The van der Waals surface area contributed by atoms with Crippen LogP contribution in [0.15, 0.2) is 59.6 Å². The van der Waals surface area contributed by atoms with Gasteiger partial charge in [0.25, 0.3) is 0 Å². The van der Waals surface area contributed by atoms with Crippen LogP contribution in [0.1, 0.15) is 12.5 Å². The van der Waals surface area contributed by atoms with Crippen LogP contribution >= 0.6 is 11.8 Å². The Morgan fingerprint density at radius 1 is 1.48 bits per heavy atom. The van der Waals surface area contributed by atoms with Crippen molar-refractivity contribution in [2.75, 3.05) is 26.0 Å². The number of fused-ring (bicyclic) bond motifs is 1. The van der Waals surface area contributed by atoms with Crippen LogP contribution in [0.5, 0.6) is 5.75 Å². The number of hydrogen-bond donors (Lipinski definition) is 0. The Bertz CT molecular complexity index is 548. The fraction of sp³-hybridized carbons (Fsp3) is 0.333. The van der Waals surface area contributed by atoms with Crippen molar-refractivity contribution in [2.45, 2.75) is 18.4 Å². The minimum atomic E-state index is 0.935. The van der Waals surface area contributed by atoms with Crippen molar-refractivity contribution < 1.29 is 4.74 Å². The van der Waals surface area contributed by atoms with Crippen molar-refractivity contribution in [3.63, 3.8) is 0 Å². The van der Waals surface area contributed by atoms with Gasteiger partial charge in [-0.25, -0.2) is 0 Å². The van der Waals surface area contributed by atoms with Crippen molar-refractivity contribution in [3.05, 3.63) is 60.2 Å². The molecule has 21 heavy (non-hydrogen) atoms. The monoisotopic (exact) mass is 301 g/mol. The number of methoxy groups -OCH3 is 1. The predicted molar refractivity (Wildman–Crippen MR) is 92.1 cm³/mol. The molecule has 0 bridgehead atoms. The molecular weight excluding hydrogens is 278 g/mol. The third kappa shape index (κ3) is 4.51. The zero-order valence-corrected chi connectivity index (χ0v) is 13.7. The van der Waals surface area contributed by atoms with Crippen molar-refractivity contribution in [1.82, 2.24) is 4.90 Å². The fourth-order valence-electron chi connectivity index (χ4n) is 2.35. The van der Waals surface area contributed by atoms with Crippen LogP contribution in [0.3, 0.4) is 0 Å². The first-order chi connectivity index (χ1) is 10.3. The minimum absolute atomic E-state index is 0.935. The molecule has 2 nitrogen and oxygen atoms in total. The minimum Gasteiger partial charge on any atom is -0.497 e. The van der Waals surface area contributed by atoms with Crippen molar-refractivity contribution >= 4 is 11.8 Å². The van der Waals surface area contributed by atoms with Gasteiger partial charge < -0.3 is 4.74 Å². The van der Waals surface area contributed by atoms with E-state index in [9.17, 15) is 0 Å². The second-order valence-corrected chi connectivity index (χ2v) is 6.14. The number of benzene rings is 1. The lowest BCUT2D eigenvalue weighted by Crippen LogP contribution is -2.26. The first-order valence-electron chi connectivity index (χ1n) is 7.23. The molecule has 1 heterocycles. The average molecular weight is 301 g/mol. The lowest BCUT2D eigenvalue weighted by Gasteiger charge is -2.20. The summed E-state index contributed by atoms with van der Waals surface area (Å²) in [5, 5.41) is 0. The van der Waals surface area contributed by atoms with Gasteiger partial charge in [0, 0.05) is 30.3 Å². The molecule has 0 saturated carbocycles. The molecule has 0 aliphatic carbocycles. The second kappa shape index (κ2) is 8.11. The van der Waals surface area contributed by atoms with E-state index in [2.05, 4.69) is 35.8 Å². The molecule has 112 valence electrons. The Labute approximate surface area is 132 Å². The molecule has 1 aliphatic heterocycles. The molecule has 3 heteroatoms. The van der Waals surface area contributed by atoms with Crippen LogP contribution in [0.25, 0.3) is 0 Å². The highest BCUT2D eigenvalue weighted by atomic mass is 32.2. The zero-order chi connectivity index (χ0) is 15.1. The highest BCUT2D eigenvalue weighted by molar-refractivity contribution is 7.99. The number of nitrogens with zero attached hydrogens (tertiary/aromatic N) is 1. The molecule has 0 fully saturated rings. The Hall–Kier alpha value is -1.45. The van der Waals surface area contributed by atoms with E-state index in [0.717, 1.165) is 31.1 Å². The summed E-state index contributed by atoms with van der Waals surface area (Å²) >= 11 is 1.93. The molecule has 0 aromatic heterocycles. The van der Waals surface area contributed by atoms with E-state index in [1.54, 1.807) is 7.11 Å². The maximum absolute atomic E-state index is 5.35.